The lowest BCUT2D eigenvalue weighted by Gasteiger charge is -2.27. The summed E-state index contributed by atoms with van der Waals surface area (Å²) in [7, 11) is 0. The van der Waals surface area contributed by atoms with Gasteiger partial charge in [-0.15, -0.1) is 10.2 Å². The fraction of sp³-hybridized carbons (Fsp3) is 0.750. The number of nitrogens with zero attached hydrogens (tertiary/aromatic N) is 4. The lowest BCUT2D eigenvalue weighted by molar-refractivity contribution is 0.208. The highest BCUT2D eigenvalue weighted by molar-refractivity contribution is 4.90. The second-order valence-electron chi connectivity index (χ2n) is 3.65. The SMILES string of the molecule is C[C@@H](N)CN1CCn2cnnc2C1. The van der Waals surface area contributed by atoms with Crippen LogP contribution in [0.2, 0.25) is 0 Å². The molecule has 0 fully saturated rings. The number of aromatic nitrogens is 3. The Labute approximate surface area is 77.5 Å². The first-order valence-electron chi connectivity index (χ1n) is 4.60. The third-order valence-electron chi connectivity index (χ3n) is 2.26. The van der Waals surface area contributed by atoms with Crippen LogP contribution in [-0.2, 0) is 13.1 Å². The average Bonchev–Trinajstić information content (AvgIpc) is 2.49. The zero-order valence-corrected chi connectivity index (χ0v) is 7.85. The molecule has 0 unspecified atom stereocenters. The number of hydrogen-bond donors (Lipinski definition) is 1. The number of rotatable bonds is 2. The summed E-state index contributed by atoms with van der Waals surface area (Å²) in [6.07, 6.45) is 1.79. The topological polar surface area (TPSA) is 60.0 Å². The van der Waals surface area contributed by atoms with Crippen molar-refractivity contribution in [3.8, 4) is 0 Å². The highest BCUT2D eigenvalue weighted by Gasteiger charge is 2.17. The molecular weight excluding hydrogens is 166 g/mol. The van der Waals surface area contributed by atoms with Crippen molar-refractivity contribution in [1.29, 1.82) is 0 Å². The van der Waals surface area contributed by atoms with Gasteiger partial charge in [0.1, 0.15) is 12.2 Å². The second-order valence-corrected chi connectivity index (χ2v) is 3.65. The van der Waals surface area contributed by atoms with E-state index in [0.29, 0.717) is 0 Å². The van der Waals surface area contributed by atoms with E-state index >= 15 is 0 Å². The summed E-state index contributed by atoms with van der Waals surface area (Å²) in [6, 6.07) is 0.231. The Kier molecular flexibility index (Phi) is 2.28. The summed E-state index contributed by atoms with van der Waals surface area (Å²) in [5.74, 6) is 1.05. The Bertz CT molecular complexity index is 280. The summed E-state index contributed by atoms with van der Waals surface area (Å²) < 4.78 is 2.09. The molecule has 0 radical (unpaired) electrons. The van der Waals surface area contributed by atoms with Gasteiger partial charge >= 0.3 is 0 Å². The van der Waals surface area contributed by atoms with Crippen LogP contribution >= 0.6 is 0 Å². The lowest BCUT2D eigenvalue weighted by atomic mass is 10.3. The predicted octanol–water partition coefficient (Wildman–Crippen LogP) is -0.559. The van der Waals surface area contributed by atoms with E-state index in [4.69, 9.17) is 5.73 Å². The first kappa shape index (κ1) is 8.65. The molecule has 0 aliphatic carbocycles. The van der Waals surface area contributed by atoms with Crippen molar-refractivity contribution in [3.05, 3.63) is 12.2 Å². The molecule has 2 N–H and O–H groups in total. The maximum atomic E-state index is 5.73. The number of hydrogen-bond acceptors (Lipinski definition) is 4. The molecular formula is C8H15N5. The molecule has 0 saturated carbocycles. The minimum atomic E-state index is 0.231. The van der Waals surface area contributed by atoms with Gasteiger partial charge in [-0.3, -0.25) is 4.90 Å². The van der Waals surface area contributed by atoms with Crippen molar-refractivity contribution in [3.63, 3.8) is 0 Å². The first-order chi connectivity index (χ1) is 6.25. The van der Waals surface area contributed by atoms with Gasteiger partial charge in [-0.1, -0.05) is 0 Å². The number of nitrogens with two attached hydrogens (primary N) is 1. The summed E-state index contributed by atoms with van der Waals surface area (Å²) in [4.78, 5) is 2.31. The Morgan fingerprint density at radius 1 is 1.62 bits per heavy atom. The van der Waals surface area contributed by atoms with Crippen LogP contribution in [0.15, 0.2) is 6.33 Å². The van der Waals surface area contributed by atoms with Crippen LogP contribution in [0, 0.1) is 0 Å². The average molecular weight is 181 g/mol. The van der Waals surface area contributed by atoms with Crippen LogP contribution in [0.5, 0.6) is 0 Å². The third kappa shape index (κ3) is 1.87. The first-order valence-corrected chi connectivity index (χ1v) is 4.60. The summed E-state index contributed by atoms with van der Waals surface area (Å²) in [5.41, 5.74) is 5.73. The van der Waals surface area contributed by atoms with Crippen LogP contribution in [-0.4, -0.2) is 38.8 Å². The largest absolute Gasteiger partial charge is 0.327 e. The summed E-state index contributed by atoms with van der Waals surface area (Å²) in [6.45, 7) is 5.87. The minimum absolute atomic E-state index is 0.231. The van der Waals surface area contributed by atoms with Crippen LogP contribution in [0.1, 0.15) is 12.7 Å². The maximum absolute atomic E-state index is 5.73. The van der Waals surface area contributed by atoms with Gasteiger partial charge in [0.05, 0.1) is 6.54 Å². The second kappa shape index (κ2) is 3.43. The molecule has 1 atom stereocenters. The molecule has 72 valence electrons. The zero-order valence-electron chi connectivity index (χ0n) is 7.85. The van der Waals surface area contributed by atoms with Gasteiger partial charge in [-0.25, -0.2) is 0 Å². The van der Waals surface area contributed by atoms with Crippen molar-refractivity contribution in [2.24, 2.45) is 5.73 Å². The van der Waals surface area contributed by atoms with Crippen molar-refractivity contribution in [2.45, 2.75) is 26.1 Å². The van der Waals surface area contributed by atoms with Crippen LogP contribution < -0.4 is 5.73 Å². The van der Waals surface area contributed by atoms with E-state index in [1.165, 1.54) is 0 Å². The smallest absolute Gasteiger partial charge is 0.147 e. The molecule has 0 bridgehead atoms. The van der Waals surface area contributed by atoms with Crippen LogP contribution in [0.25, 0.3) is 0 Å². The molecule has 1 aromatic rings. The number of fused-ring (bicyclic) bond motifs is 1. The molecule has 0 aromatic carbocycles. The fourth-order valence-electron chi connectivity index (χ4n) is 1.68. The van der Waals surface area contributed by atoms with E-state index in [0.717, 1.165) is 32.0 Å². The standard InChI is InChI=1S/C8H15N5/c1-7(9)4-12-2-3-13-6-10-11-8(13)5-12/h6-7H,2-5,9H2,1H3/t7-/m1/s1. The van der Waals surface area contributed by atoms with E-state index in [1.54, 1.807) is 6.33 Å². The van der Waals surface area contributed by atoms with Crippen molar-refractivity contribution >= 4 is 0 Å². The van der Waals surface area contributed by atoms with E-state index in [2.05, 4.69) is 19.7 Å². The maximum Gasteiger partial charge on any atom is 0.147 e. The van der Waals surface area contributed by atoms with Gasteiger partial charge < -0.3 is 10.3 Å². The van der Waals surface area contributed by atoms with Gasteiger partial charge in [-0.2, -0.15) is 0 Å². The zero-order chi connectivity index (χ0) is 9.26. The molecule has 2 rings (SSSR count). The monoisotopic (exact) mass is 181 g/mol. The van der Waals surface area contributed by atoms with Gasteiger partial charge in [-0.05, 0) is 6.92 Å². The molecule has 0 amide bonds. The Hall–Kier alpha value is -0.940. The highest BCUT2D eigenvalue weighted by atomic mass is 15.3. The van der Waals surface area contributed by atoms with Crippen molar-refractivity contribution in [1.82, 2.24) is 19.7 Å². The molecule has 2 heterocycles. The van der Waals surface area contributed by atoms with E-state index in [1.807, 2.05) is 6.92 Å². The summed E-state index contributed by atoms with van der Waals surface area (Å²) >= 11 is 0. The molecule has 13 heavy (non-hydrogen) atoms. The predicted molar refractivity (Wildman–Crippen MR) is 48.9 cm³/mol. The minimum Gasteiger partial charge on any atom is -0.327 e. The highest BCUT2D eigenvalue weighted by Crippen LogP contribution is 2.08. The van der Waals surface area contributed by atoms with Gasteiger partial charge in [0, 0.05) is 25.7 Å². The van der Waals surface area contributed by atoms with Gasteiger partial charge in [0.25, 0.3) is 0 Å². The van der Waals surface area contributed by atoms with E-state index in [9.17, 15) is 0 Å². The molecule has 5 nitrogen and oxygen atoms in total. The van der Waals surface area contributed by atoms with Crippen LogP contribution in [0.4, 0.5) is 0 Å². The fourth-order valence-corrected chi connectivity index (χ4v) is 1.68. The van der Waals surface area contributed by atoms with Crippen molar-refractivity contribution in [2.75, 3.05) is 13.1 Å². The van der Waals surface area contributed by atoms with E-state index in [-0.39, 0.29) is 6.04 Å². The lowest BCUT2D eigenvalue weighted by Crippen LogP contribution is -2.40. The van der Waals surface area contributed by atoms with Gasteiger partial charge in [0.15, 0.2) is 0 Å². The Morgan fingerprint density at radius 3 is 3.23 bits per heavy atom. The Morgan fingerprint density at radius 2 is 2.46 bits per heavy atom. The third-order valence-corrected chi connectivity index (χ3v) is 2.26. The van der Waals surface area contributed by atoms with Gasteiger partial charge in [0.2, 0.25) is 0 Å². The molecule has 1 aliphatic heterocycles. The quantitative estimate of drug-likeness (QED) is 0.664. The molecule has 5 heteroatoms. The van der Waals surface area contributed by atoms with Crippen LogP contribution in [0.3, 0.4) is 0 Å². The molecule has 0 saturated heterocycles. The summed E-state index contributed by atoms with van der Waals surface area (Å²) in [5, 5.41) is 7.92. The normalized spacial score (nSPS) is 19.8. The molecule has 1 aliphatic rings. The Balaban J connectivity index is 2.00. The molecule has 1 aromatic heterocycles. The van der Waals surface area contributed by atoms with Crippen molar-refractivity contribution < 1.29 is 0 Å². The molecule has 0 spiro atoms. The van der Waals surface area contributed by atoms with E-state index < -0.39 is 0 Å².